The lowest BCUT2D eigenvalue weighted by molar-refractivity contribution is 0.117. The molecule has 2 aliphatic rings. The number of fused-ring (bicyclic) bond motifs is 1. The number of hydrogen-bond donors (Lipinski definition) is 0. The lowest BCUT2D eigenvalue weighted by Crippen LogP contribution is -2.44. The van der Waals surface area contributed by atoms with E-state index in [4.69, 9.17) is 16.3 Å². The van der Waals surface area contributed by atoms with E-state index in [0.29, 0.717) is 5.92 Å². The summed E-state index contributed by atoms with van der Waals surface area (Å²) < 4.78 is 5.75. The smallest absolute Gasteiger partial charge is 0.122 e. The molecule has 2 nitrogen and oxygen atoms in total. The number of alkyl halides is 1. The van der Waals surface area contributed by atoms with Crippen LogP contribution >= 0.6 is 11.6 Å². The van der Waals surface area contributed by atoms with E-state index in [0.717, 1.165) is 43.8 Å². The van der Waals surface area contributed by atoms with Crippen LogP contribution in [-0.4, -0.2) is 36.5 Å². The second-order valence-electron chi connectivity index (χ2n) is 5.64. The predicted molar refractivity (Wildman–Crippen MR) is 79.2 cm³/mol. The first kappa shape index (κ1) is 13.3. The fourth-order valence-electron chi connectivity index (χ4n) is 3.17. The van der Waals surface area contributed by atoms with Crippen molar-refractivity contribution in [3.05, 3.63) is 29.8 Å². The zero-order valence-electron chi connectivity index (χ0n) is 11.4. The number of ether oxygens (including phenoxy) is 1. The summed E-state index contributed by atoms with van der Waals surface area (Å²) in [5.74, 6) is 2.42. The molecule has 0 spiro atoms. The minimum Gasteiger partial charge on any atom is -0.493 e. The summed E-state index contributed by atoms with van der Waals surface area (Å²) in [6.45, 7) is 3.00. The van der Waals surface area contributed by atoms with Crippen molar-refractivity contribution in [3.63, 3.8) is 0 Å². The fraction of sp³-hybridized carbons (Fsp3) is 0.625. The monoisotopic (exact) mass is 279 g/mol. The maximum absolute atomic E-state index is 5.97. The third kappa shape index (κ3) is 2.90. The number of halogens is 1. The standard InChI is InChI=1S/C16H22ClNO/c17-9-10-18(14-4-3-5-14)12-13-8-11-19-16-7-2-1-6-15(13)16/h1-2,6-7,13-14H,3-5,8-12H2. The molecule has 1 heterocycles. The normalized spacial score (nSPS) is 22.7. The molecule has 1 aromatic rings. The van der Waals surface area contributed by atoms with Crippen molar-refractivity contribution in [1.29, 1.82) is 0 Å². The van der Waals surface area contributed by atoms with E-state index in [1.54, 1.807) is 0 Å². The minimum atomic E-state index is 0.605. The van der Waals surface area contributed by atoms with Crippen molar-refractivity contribution < 1.29 is 4.74 Å². The van der Waals surface area contributed by atoms with Gasteiger partial charge in [0.1, 0.15) is 5.75 Å². The van der Waals surface area contributed by atoms with Gasteiger partial charge in [-0.25, -0.2) is 0 Å². The number of para-hydroxylation sites is 1. The summed E-state index contributed by atoms with van der Waals surface area (Å²) in [4.78, 5) is 2.60. The molecule has 0 saturated heterocycles. The number of rotatable bonds is 5. The van der Waals surface area contributed by atoms with Gasteiger partial charge in [-0.3, -0.25) is 4.90 Å². The van der Waals surface area contributed by atoms with Crippen molar-refractivity contribution in [2.45, 2.75) is 37.6 Å². The second-order valence-corrected chi connectivity index (χ2v) is 6.02. The lowest BCUT2D eigenvalue weighted by Gasteiger charge is -2.40. The fourth-order valence-corrected chi connectivity index (χ4v) is 3.39. The molecule has 1 aliphatic carbocycles. The first-order chi connectivity index (χ1) is 9.38. The topological polar surface area (TPSA) is 12.5 Å². The molecule has 0 bridgehead atoms. The molecule has 1 aliphatic heterocycles. The highest BCUT2D eigenvalue weighted by molar-refractivity contribution is 6.18. The van der Waals surface area contributed by atoms with Crippen LogP contribution in [-0.2, 0) is 0 Å². The van der Waals surface area contributed by atoms with Gasteiger partial charge in [0.15, 0.2) is 0 Å². The van der Waals surface area contributed by atoms with Gasteiger partial charge in [0, 0.05) is 30.9 Å². The molecule has 3 rings (SSSR count). The Hall–Kier alpha value is -0.730. The van der Waals surface area contributed by atoms with E-state index in [-0.39, 0.29) is 0 Å². The van der Waals surface area contributed by atoms with Crippen molar-refractivity contribution >= 4 is 11.6 Å². The molecule has 104 valence electrons. The van der Waals surface area contributed by atoms with Gasteiger partial charge in [0.25, 0.3) is 0 Å². The molecule has 1 atom stereocenters. The Bertz CT molecular complexity index is 419. The highest BCUT2D eigenvalue weighted by atomic mass is 35.5. The number of nitrogens with zero attached hydrogens (tertiary/aromatic N) is 1. The average molecular weight is 280 g/mol. The zero-order chi connectivity index (χ0) is 13.1. The van der Waals surface area contributed by atoms with E-state index in [9.17, 15) is 0 Å². The first-order valence-corrected chi connectivity index (χ1v) is 7.93. The molecule has 0 amide bonds. The van der Waals surface area contributed by atoms with E-state index in [1.165, 1.54) is 24.8 Å². The highest BCUT2D eigenvalue weighted by Gasteiger charge is 2.29. The SMILES string of the molecule is ClCCN(CC1CCOc2ccccc21)C1CCC1. The summed E-state index contributed by atoms with van der Waals surface area (Å²) in [5.41, 5.74) is 1.38. The predicted octanol–water partition coefficient (Wildman–Crippen LogP) is 3.65. The van der Waals surface area contributed by atoms with Gasteiger partial charge in [0.2, 0.25) is 0 Å². The largest absolute Gasteiger partial charge is 0.493 e. The molecule has 1 fully saturated rings. The van der Waals surface area contributed by atoms with E-state index >= 15 is 0 Å². The Kier molecular flexibility index (Phi) is 4.29. The van der Waals surface area contributed by atoms with Gasteiger partial charge in [-0.15, -0.1) is 11.6 Å². The van der Waals surface area contributed by atoms with Crippen LogP contribution in [0.1, 0.15) is 37.2 Å². The average Bonchev–Trinajstić information content (AvgIpc) is 2.37. The van der Waals surface area contributed by atoms with Crippen LogP contribution in [0.4, 0.5) is 0 Å². The van der Waals surface area contributed by atoms with Crippen LogP contribution < -0.4 is 4.74 Å². The molecule has 1 unspecified atom stereocenters. The van der Waals surface area contributed by atoms with Crippen molar-refractivity contribution in [3.8, 4) is 5.75 Å². The molecule has 0 N–H and O–H groups in total. The number of benzene rings is 1. The Morgan fingerprint density at radius 2 is 2.05 bits per heavy atom. The zero-order valence-corrected chi connectivity index (χ0v) is 12.1. The maximum Gasteiger partial charge on any atom is 0.122 e. The molecule has 1 aromatic carbocycles. The van der Waals surface area contributed by atoms with Crippen molar-refractivity contribution in [1.82, 2.24) is 4.90 Å². The lowest BCUT2D eigenvalue weighted by atomic mass is 9.88. The van der Waals surface area contributed by atoms with Crippen molar-refractivity contribution in [2.75, 3.05) is 25.6 Å². The molecule has 0 radical (unpaired) electrons. The van der Waals surface area contributed by atoms with E-state index in [2.05, 4.69) is 29.2 Å². The quantitative estimate of drug-likeness (QED) is 0.763. The first-order valence-electron chi connectivity index (χ1n) is 7.40. The van der Waals surface area contributed by atoms with Crippen LogP contribution in [0.3, 0.4) is 0 Å². The van der Waals surface area contributed by atoms with E-state index < -0.39 is 0 Å². The summed E-state index contributed by atoms with van der Waals surface area (Å²) >= 11 is 5.97. The van der Waals surface area contributed by atoms with Gasteiger partial charge in [-0.1, -0.05) is 24.6 Å². The summed E-state index contributed by atoms with van der Waals surface area (Å²) in [6, 6.07) is 9.27. The van der Waals surface area contributed by atoms with Crippen LogP contribution in [0.25, 0.3) is 0 Å². The number of hydrogen-bond acceptors (Lipinski definition) is 2. The summed E-state index contributed by atoms with van der Waals surface area (Å²) in [5, 5.41) is 0. The molecule has 3 heteroatoms. The van der Waals surface area contributed by atoms with E-state index in [1.807, 2.05) is 0 Å². The Labute approximate surface area is 120 Å². The van der Waals surface area contributed by atoms with Crippen LogP contribution in [0, 0.1) is 0 Å². The molecule has 0 aromatic heterocycles. The second kappa shape index (κ2) is 6.15. The van der Waals surface area contributed by atoms with Crippen LogP contribution in [0.2, 0.25) is 0 Å². The summed E-state index contributed by atoms with van der Waals surface area (Å²) in [6.07, 6.45) is 5.21. The van der Waals surface area contributed by atoms with Gasteiger partial charge >= 0.3 is 0 Å². The van der Waals surface area contributed by atoms with Gasteiger partial charge < -0.3 is 4.74 Å². The van der Waals surface area contributed by atoms with Gasteiger partial charge in [-0.05, 0) is 30.9 Å². The maximum atomic E-state index is 5.97. The Morgan fingerprint density at radius 3 is 2.79 bits per heavy atom. The highest BCUT2D eigenvalue weighted by Crippen LogP contribution is 2.35. The third-order valence-electron chi connectivity index (χ3n) is 4.50. The van der Waals surface area contributed by atoms with Gasteiger partial charge in [-0.2, -0.15) is 0 Å². The van der Waals surface area contributed by atoms with Crippen LogP contribution in [0.15, 0.2) is 24.3 Å². The molecule has 1 saturated carbocycles. The molecule has 19 heavy (non-hydrogen) atoms. The minimum absolute atomic E-state index is 0.605. The third-order valence-corrected chi connectivity index (χ3v) is 4.67. The molecular formula is C16H22ClNO. The Balaban J connectivity index is 1.71. The van der Waals surface area contributed by atoms with Crippen LogP contribution in [0.5, 0.6) is 5.75 Å². The Morgan fingerprint density at radius 1 is 1.21 bits per heavy atom. The van der Waals surface area contributed by atoms with Crippen molar-refractivity contribution in [2.24, 2.45) is 0 Å². The summed E-state index contributed by atoms with van der Waals surface area (Å²) in [7, 11) is 0. The molecular weight excluding hydrogens is 258 g/mol. The van der Waals surface area contributed by atoms with Gasteiger partial charge in [0.05, 0.1) is 6.61 Å².